The van der Waals surface area contributed by atoms with Crippen molar-refractivity contribution in [1.29, 1.82) is 0 Å². The number of nitrogens with zero attached hydrogens (tertiary/aromatic N) is 2. The minimum atomic E-state index is 0.0117. The summed E-state index contributed by atoms with van der Waals surface area (Å²) in [6.45, 7) is 9.39. The predicted molar refractivity (Wildman–Crippen MR) is 92.5 cm³/mol. The fourth-order valence-electron chi connectivity index (χ4n) is 3.00. The molecule has 0 unspecified atom stereocenters. The summed E-state index contributed by atoms with van der Waals surface area (Å²) in [5, 5.41) is 3.03. The summed E-state index contributed by atoms with van der Waals surface area (Å²) in [4.78, 5) is 28.2. The first kappa shape index (κ1) is 17.5. The fraction of sp³-hybridized carbons (Fsp3) is 0.556. The van der Waals surface area contributed by atoms with Gasteiger partial charge in [-0.05, 0) is 31.4 Å². The second kappa shape index (κ2) is 8.11. The zero-order chi connectivity index (χ0) is 16.8. The standard InChI is InChI=1S/C18H27N3O2/c1-4-17(23)21-10-6-9-20(11-12-21)13-16(22)19-18-14(2)7-5-8-15(18)3/h5,7-8H,4,6,9-13H2,1-3H3,(H,19,22). The molecule has 5 heteroatoms. The maximum atomic E-state index is 12.3. The first-order valence-corrected chi connectivity index (χ1v) is 8.37. The monoisotopic (exact) mass is 317 g/mol. The van der Waals surface area contributed by atoms with Gasteiger partial charge < -0.3 is 10.2 Å². The molecular weight excluding hydrogens is 290 g/mol. The van der Waals surface area contributed by atoms with Crippen molar-refractivity contribution in [2.45, 2.75) is 33.6 Å². The van der Waals surface area contributed by atoms with Crippen LogP contribution in [0, 0.1) is 13.8 Å². The number of amides is 2. The van der Waals surface area contributed by atoms with Gasteiger partial charge in [0.25, 0.3) is 0 Å². The van der Waals surface area contributed by atoms with Crippen LogP contribution in [-0.4, -0.2) is 54.3 Å². The van der Waals surface area contributed by atoms with Gasteiger partial charge in [-0.3, -0.25) is 14.5 Å². The van der Waals surface area contributed by atoms with Gasteiger partial charge in [-0.15, -0.1) is 0 Å². The first-order chi connectivity index (χ1) is 11.0. The number of anilines is 1. The first-order valence-electron chi connectivity index (χ1n) is 8.37. The molecule has 5 nitrogen and oxygen atoms in total. The van der Waals surface area contributed by atoms with E-state index in [4.69, 9.17) is 0 Å². The topological polar surface area (TPSA) is 52.7 Å². The largest absolute Gasteiger partial charge is 0.341 e. The molecule has 0 saturated carbocycles. The smallest absolute Gasteiger partial charge is 0.238 e. The van der Waals surface area contributed by atoms with E-state index in [1.165, 1.54) is 0 Å². The van der Waals surface area contributed by atoms with Crippen molar-refractivity contribution in [2.24, 2.45) is 0 Å². The van der Waals surface area contributed by atoms with Crippen LogP contribution in [0.3, 0.4) is 0 Å². The van der Waals surface area contributed by atoms with E-state index in [9.17, 15) is 9.59 Å². The minimum Gasteiger partial charge on any atom is -0.341 e. The lowest BCUT2D eigenvalue weighted by Crippen LogP contribution is -2.37. The maximum Gasteiger partial charge on any atom is 0.238 e. The SMILES string of the molecule is CCC(=O)N1CCCN(CC(=O)Nc2c(C)cccc2C)CC1. The van der Waals surface area contributed by atoms with Crippen molar-refractivity contribution in [1.82, 2.24) is 9.80 Å². The lowest BCUT2D eigenvalue weighted by atomic mass is 10.1. The summed E-state index contributed by atoms with van der Waals surface area (Å²) < 4.78 is 0. The van der Waals surface area contributed by atoms with E-state index in [-0.39, 0.29) is 11.8 Å². The minimum absolute atomic E-state index is 0.0117. The van der Waals surface area contributed by atoms with Crippen molar-refractivity contribution in [2.75, 3.05) is 38.0 Å². The zero-order valence-corrected chi connectivity index (χ0v) is 14.4. The number of nitrogens with one attached hydrogen (secondary N) is 1. The van der Waals surface area contributed by atoms with Crippen molar-refractivity contribution >= 4 is 17.5 Å². The van der Waals surface area contributed by atoms with Crippen molar-refractivity contribution in [3.05, 3.63) is 29.3 Å². The van der Waals surface area contributed by atoms with Gasteiger partial charge in [-0.2, -0.15) is 0 Å². The summed E-state index contributed by atoms with van der Waals surface area (Å²) in [5.41, 5.74) is 3.07. The Bertz CT molecular complexity index is 551. The number of para-hydroxylation sites is 1. The second-order valence-corrected chi connectivity index (χ2v) is 6.18. The van der Waals surface area contributed by atoms with E-state index in [1.54, 1.807) is 0 Å². The average Bonchev–Trinajstić information content (AvgIpc) is 2.76. The number of carbonyl (C=O) groups excluding carboxylic acids is 2. The molecule has 1 aromatic carbocycles. The van der Waals surface area contributed by atoms with Gasteiger partial charge in [0.05, 0.1) is 6.54 Å². The van der Waals surface area contributed by atoms with Crippen LogP contribution in [-0.2, 0) is 9.59 Å². The van der Waals surface area contributed by atoms with E-state index in [0.29, 0.717) is 19.5 Å². The van der Waals surface area contributed by atoms with Crippen molar-refractivity contribution < 1.29 is 9.59 Å². The van der Waals surface area contributed by atoms with Crippen LogP contribution in [0.4, 0.5) is 5.69 Å². The van der Waals surface area contributed by atoms with Gasteiger partial charge >= 0.3 is 0 Å². The van der Waals surface area contributed by atoms with Crippen LogP contribution in [0.2, 0.25) is 0 Å². The fourth-order valence-corrected chi connectivity index (χ4v) is 3.00. The number of aryl methyl sites for hydroxylation is 2. The van der Waals surface area contributed by atoms with Crippen LogP contribution in [0.15, 0.2) is 18.2 Å². The number of hydrogen-bond donors (Lipinski definition) is 1. The molecule has 0 radical (unpaired) electrons. The molecule has 1 heterocycles. The quantitative estimate of drug-likeness (QED) is 0.926. The summed E-state index contributed by atoms with van der Waals surface area (Å²) in [6.07, 6.45) is 1.47. The second-order valence-electron chi connectivity index (χ2n) is 6.18. The summed E-state index contributed by atoms with van der Waals surface area (Å²) in [5.74, 6) is 0.213. The van der Waals surface area contributed by atoms with E-state index in [0.717, 1.165) is 42.9 Å². The van der Waals surface area contributed by atoms with Gasteiger partial charge in [-0.25, -0.2) is 0 Å². The molecule has 23 heavy (non-hydrogen) atoms. The third-order valence-corrected chi connectivity index (χ3v) is 4.36. The van der Waals surface area contributed by atoms with Crippen LogP contribution in [0.25, 0.3) is 0 Å². The summed E-state index contributed by atoms with van der Waals surface area (Å²) in [6, 6.07) is 6.00. The Kier molecular flexibility index (Phi) is 6.16. The van der Waals surface area contributed by atoms with E-state index >= 15 is 0 Å². The number of hydrogen-bond acceptors (Lipinski definition) is 3. The lowest BCUT2D eigenvalue weighted by Gasteiger charge is -2.21. The van der Waals surface area contributed by atoms with Crippen molar-refractivity contribution in [3.63, 3.8) is 0 Å². The van der Waals surface area contributed by atoms with Crippen LogP contribution < -0.4 is 5.32 Å². The van der Waals surface area contributed by atoms with Crippen LogP contribution in [0.1, 0.15) is 30.9 Å². The molecule has 1 fully saturated rings. The summed E-state index contributed by atoms with van der Waals surface area (Å²) in [7, 11) is 0. The highest BCUT2D eigenvalue weighted by atomic mass is 16.2. The molecule has 0 spiro atoms. The Morgan fingerprint density at radius 3 is 2.43 bits per heavy atom. The van der Waals surface area contributed by atoms with Gasteiger partial charge in [0.2, 0.25) is 11.8 Å². The van der Waals surface area contributed by atoms with E-state index in [2.05, 4.69) is 10.2 Å². The molecule has 1 aromatic rings. The molecule has 1 saturated heterocycles. The number of carbonyl (C=O) groups is 2. The Morgan fingerprint density at radius 2 is 1.78 bits per heavy atom. The molecule has 2 amide bonds. The van der Waals surface area contributed by atoms with E-state index < -0.39 is 0 Å². The summed E-state index contributed by atoms with van der Waals surface area (Å²) >= 11 is 0. The van der Waals surface area contributed by atoms with Gasteiger partial charge in [0, 0.05) is 38.3 Å². The molecule has 0 aromatic heterocycles. The normalized spacial score (nSPS) is 16.0. The molecule has 0 aliphatic carbocycles. The molecule has 126 valence electrons. The van der Waals surface area contributed by atoms with Crippen LogP contribution >= 0.6 is 0 Å². The molecule has 1 aliphatic heterocycles. The lowest BCUT2D eigenvalue weighted by molar-refractivity contribution is -0.130. The Balaban J connectivity index is 1.89. The highest BCUT2D eigenvalue weighted by molar-refractivity contribution is 5.93. The third-order valence-electron chi connectivity index (χ3n) is 4.36. The van der Waals surface area contributed by atoms with Gasteiger partial charge in [0.1, 0.15) is 0 Å². The molecule has 0 atom stereocenters. The molecule has 0 bridgehead atoms. The zero-order valence-electron chi connectivity index (χ0n) is 14.4. The number of rotatable bonds is 4. The predicted octanol–water partition coefficient (Wildman–Crippen LogP) is 2.19. The van der Waals surface area contributed by atoms with Gasteiger partial charge in [-0.1, -0.05) is 25.1 Å². The van der Waals surface area contributed by atoms with E-state index in [1.807, 2.05) is 43.9 Å². The highest BCUT2D eigenvalue weighted by Crippen LogP contribution is 2.19. The van der Waals surface area contributed by atoms with Crippen molar-refractivity contribution in [3.8, 4) is 0 Å². The Labute approximate surface area is 138 Å². The Morgan fingerprint density at radius 1 is 1.09 bits per heavy atom. The Hall–Kier alpha value is -1.88. The maximum absolute atomic E-state index is 12.3. The molecule has 2 rings (SSSR count). The highest BCUT2D eigenvalue weighted by Gasteiger charge is 2.19. The molecular formula is C18H27N3O2. The average molecular weight is 317 g/mol. The number of benzene rings is 1. The van der Waals surface area contributed by atoms with Gasteiger partial charge in [0.15, 0.2) is 0 Å². The molecule has 1 aliphatic rings. The van der Waals surface area contributed by atoms with Crippen LogP contribution in [0.5, 0.6) is 0 Å². The third kappa shape index (κ3) is 4.79. The molecule has 1 N–H and O–H groups in total.